The zero-order valence-electron chi connectivity index (χ0n) is 15.7. The molecule has 3 rings (SSSR count). The fourth-order valence-corrected chi connectivity index (χ4v) is 4.23. The van der Waals surface area contributed by atoms with Crippen LogP contribution in [0, 0.1) is 0 Å². The number of nitrogens with one attached hydrogen (secondary N) is 1. The van der Waals surface area contributed by atoms with Crippen molar-refractivity contribution in [2.45, 2.75) is 25.8 Å². The Kier molecular flexibility index (Phi) is 7.85. The van der Waals surface area contributed by atoms with Crippen LogP contribution in [0.1, 0.15) is 24.8 Å². The van der Waals surface area contributed by atoms with Crippen molar-refractivity contribution in [1.29, 1.82) is 0 Å². The van der Waals surface area contributed by atoms with Crippen molar-refractivity contribution in [3.05, 3.63) is 58.5 Å². The van der Waals surface area contributed by atoms with Gasteiger partial charge >= 0.3 is 0 Å². The van der Waals surface area contributed by atoms with Gasteiger partial charge in [0.25, 0.3) is 5.91 Å². The lowest BCUT2D eigenvalue weighted by Crippen LogP contribution is -2.31. The molecule has 1 fully saturated rings. The predicted molar refractivity (Wildman–Crippen MR) is 120 cm³/mol. The zero-order chi connectivity index (χ0) is 20.6. The molecule has 152 valence electrons. The number of thiocarbonyl (C=S) groups is 1. The van der Waals surface area contributed by atoms with Crippen LogP contribution in [0.25, 0.3) is 6.08 Å². The Bertz CT molecular complexity index is 898. The highest BCUT2D eigenvalue weighted by atomic mass is 35.5. The van der Waals surface area contributed by atoms with Crippen LogP contribution in [-0.2, 0) is 16.1 Å². The molecule has 0 radical (unpaired) electrons. The number of benzene rings is 1. The number of amides is 2. The molecule has 0 aliphatic carbocycles. The van der Waals surface area contributed by atoms with Gasteiger partial charge in [0.15, 0.2) is 0 Å². The van der Waals surface area contributed by atoms with Crippen LogP contribution in [0.5, 0.6) is 0 Å². The Morgan fingerprint density at radius 3 is 2.76 bits per heavy atom. The van der Waals surface area contributed by atoms with Crippen molar-refractivity contribution in [1.82, 2.24) is 19.8 Å². The highest BCUT2D eigenvalue weighted by molar-refractivity contribution is 8.26. The first-order valence-electron chi connectivity index (χ1n) is 9.26. The van der Waals surface area contributed by atoms with Crippen LogP contribution in [0.15, 0.2) is 47.9 Å². The highest BCUT2D eigenvalue weighted by Crippen LogP contribution is 2.32. The van der Waals surface area contributed by atoms with Gasteiger partial charge in [0, 0.05) is 43.5 Å². The van der Waals surface area contributed by atoms with Gasteiger partial charge in [-0.15, -0.1) is 0 Å². The number of thioether (sulfide) groups is 1. The molecular weight excluding hydrogens is 428 g/mol. The molecule has 2 amide bonds. The number of hydrogen-bond acceptors (Lipinski definition) is 5. The lowest BCUT2D eigenvalue weighted by Gasteiger charge is -2.14. The molecule has 29 heavy (non-hydrogen) atoms. The van der Waals surface area contributed by atoms with E-state index in [1.54, 1.807) is 29.6 Å². The summed E-state index contributed by atoms with van der Waals surface area (Å²) in [6.07, 6.45) is 8.95. The van der Waals surface area contributed by atoms with Gasteiger partial charge in [-0.1, -0.05) is 47.7 Å². The summed E-state index contributed by atoms with van der Waals surface area (Å²) in [7, 11) is 0. The molecule has 1 N–H and O–H groups in total. The van der Waals surface area contributed by atoms with E-state index in [4.69, 9.17) is 23.8 Å². The van der Waals surface area contributed by atoms with Crippen LogP contribution in [0.4, 0.5) is 0 Å². The highest BCUT2D eigenvalue weighted by Gasteiger charge is 2.31. The number of hydrogen-bond donors (Lipinski definition) is 1. The normalized spacial score (nSPS) is 15.3. The lowest BCUT2D eigenvalue weighted by atomic mass is 10.2. The summed E-state index contributed by atoms with van der Waals surface area (Å²) >= 11 is 12.5. The number of nitrogens with zero attached hydrogens (tertiary/aromatic N) is 3. The molecule has 9 heteroatoms. The van der Waals surface area contributed by atoms with Gasteiger partial charge in [0.1, 0.15) is 4.32 Å². The third-order valence-corrected chi connectivity index (χ3v) is 5.93. The van der Waals surface area contributed by atoms with Gasteiger partial charge in [-0.2, -0.15) is 0 Å². The first kappa shape index (κ1) is 21.5. The number of carbonyl (C=O) groups is 2. The maximum Gasteiger partial charge on any atom is 0.266 e. The molecule has 2 heterocycles. The summed E-state index contributed by atoms with van der Waals surface area (Å²) in [5.41, 5.74) is 0.893. The van der Waals surface area contributed by atoms with Crippen molar-refractivity contribution in [3.8, 4) is 0 Å². The fourth-order valence-electron chi connectivity index (χ4n) is 2.80. The molecule has 1 aromatic carbocycles. The molecular formula is C20H21ClN4O2S2. The Hall–Kier alpha value is -2.16. The van der Waals surface area contributed by atoms with E-state index in [1.807, 2.05) is 29.0 Å². The third-order valence-electron chi connectivity index (χ3n) is 4.30. The lowest BCUT2D eigenvalue weighted by molar-refractivity contribution is -0.124. The Morgan fingerprint density at radius 1 is 1.24 bits per heavy atom. The van der Waals surface area contributed by atoms with E-state index in [0.29, 0.717) is 40.2 Å². The van der Waals surface area contributed by atoms with Gasteiger partial charge in [-0.05, 0) is 36.6 Å². The number of rotatable bonds is 9. The quantitative estimate of drug-likeness (QED) is 0.359. The number of aromatic nitrogens is 2. The van der Waals surface area contributed by atoms with E-state index in [-0.39, 0.29) is 11.8 Å². The van der Waals surface area contributed by atoms with E-state index in [2.05, 4.69) is 10.3 Å². The van der Waals surface area contributed by atoms with Crippen LogP contribution in [0.3, 0.4) is 0 Å². The summed E-state index contributed by atoms with van der Waals surface area (Å²) in [4.78, 5) is 30.7. The zero-order valence-corrected chi connectivity index (χ0v) is 18.1. The van der Waals surface area contributed by atoms with Gasteiger partial charge in [0.05, 0.1) is 11.2 Å². The van der Waals surface area contributed by atoms with E-state index < -0.39 is 0 Å². The van der Waals surface area contributed by atoms with Crippen LogP contribution in [0.2, 0.25) is 5.02 Å². The minimum atomic E-state index is -0.115. The molecule has 1 saturated heterocycles. The number of aryl methyl sites for hydroxylation is 1. The van der Waals surface area contributed by atoms with Crippen LogP contribution >= 0.6 is 35.6 Å². The summed E-state index contributed by atoms with van der Waals surface area (Å²) in [6.45, 7) is 1.86. The largest absolute Gasteiger partial charge is 0.356 e. The van der Waals surface area contributed by atoms with Gasteiger partial charge in [-0.3, -0.25) is 14.5 Å². The van der Waals surface area contributed by atoms with Crippen LogP contribution < -0.4 is 5.32 Å². The van der Waals surface area contributed by atoms with Gasteiger partial charge < -0.3 is 9.88 Å². The standard InChI is InChI=1S/C20H21ClN4O2S2/c21-16-6-4-15(5-7-16)13-17-19(27)25(20(28)29-17)11-1-3-18(26)23-8-2-10-24-12-9-22-14-24/h4-7,9,12-14H,1-3,8,10-11H2,(H,23,26). The monoisotopic (exact) mass is 448 g/mol. The van der Waals surface area contributed by atoms with Crippen molar-refractivity contribution in [2.24, 2.45) is 0 Å². The molecule has 0 bridgehead atoms. The van der Waals surface area contributed by atoms with E-state index >= 15 is 0 Å². The second-order valence-corrected chi connectivity index (χ2v) is 8.60. The smallest absolute Gasteiger partial charge is 0.266 e. The number of carbonyl (C=O) groups excluding carboxylic acids is 2. The second kappa shape index (κ2) is 10.6. The van der Waals surface area contributed by atoms with Crippen molar-refractivity contribution in [3.63, 3.8) is 0 Å². The Balaban J connectivity index is 1.39. The molecule has 0 unspecified atom stereocenters. The SMILES string of the molecule is O=C(CCCN1C(=O)C(=Cc2ccc(Cl)cc2)SC1=S)NCCCn1ccnc1. The Labute approximate surface area is 184 Å². The molecule has 2 aromatic rings. The summed E-state index contributed by atoms with van der Waals surface area (Å²) in [5.74, 6) is -0.131. The molecule has 0 saturated carbocycles. The van der Waals surface area contributed by atoms with Gasteiger partial charge in [-0.25, -0.2) is 4.98 Å². The minimum Gasteiger partial charge on any atom is -0.356 e. The Morgan fingerprint density at radius 2 is 2.03 bits per heavy atom. The second-order valence-electron chi connectivity index (χ2n) is 6.49. The van der Waals surface area contributed by atoms with Crippen molar-refractivity contribution in [2.75, 3.05) is 13.1 Å². The third kappa shape index (κ3) is 6.42. The average molecular weight is 449 g/mol. The van der Waals surface area contributed by atoms with E-state index in [0.717, 1.165) is 18.5 Å². The predicted octanol–water partition coefficient (Wildman–Crippen LogP) is 3.72. The molecule has 0 spiro atoms. The van der Waals surface area contributed by atoms with Crippen molar-refractivity contribution < 1.29 is 9.59 Å². The summed E-state index contributed by atoms with van der Waals surface area (Å²) in [5, 5.41) is 3.55. The number of halogens is 1. The maximum atomic E-state index is 12.6. The molecule has 1 aliphatic rings. The molecule has 0 atom stereocenters. The summed E-state index contributed by atoms with van der Waals surface area (Å²) in [6, 6.07) is 7.27. The average Bonchev–Trinajstić information content (AvgIpc) is 3.31. The fraction of sp³-hybridized carbons (Fsp3) is 0.300. The maximum absolute atomic E-state index is 12.6. The minimum absolute atomic E-state index is 0.0159. The number of imidazole rings is 1. The molecule has 1 aliphatic heterocycles. The van der Waals surface area contributed by atoms with E-state index in [1.165, 1.54) is 11.8 Å². The van der Waals surface area contributed by atoms with E-state index in [9.17, 15) is 9.59 Å². The van der Waals surface area contributed by atoms with Crippen LogP contribution in [-0.4, -0.2) is 43.7 Å². The topological polar surface area (TPSA) is 67.2 Å². The molecule has 6 nitrogen and oxygen atoms in total. The van der Waals surface area contributed by atoms with Gasteiger partial charge in [0.2, 0.25) is 5.91 Å². The first-order valence-corrected chi connectivity index (χ1v) is 10.9. The summed E-state index contributed by atoms with van der Waals surface area (Å²) < 4.78 is 2.50. The molecule has 1 aromatic heterocycles. The first-order chi connectivity index (χ1) is 14.0. The van der Waals surface area contributed by atoms with Crippen molar-refractivity contribution >= 4 is 57.8 Å².